The number of anilines is 2. The Kier molecular flexibility index (Phi) is 4.10. The van der Waals surface area contributed by atoms with Crippen LogP contribution in [0.15, 0.2) is 24.5 Å². The van der Waals surface area contributed by atoms with E-state index < -0.39 is 0 Å². The lowest BCUT2D eigenvalue weighted by molar-refractivity contribution is -0.116. The standard InChI is InChI=1S/C14H15N7O3/c1-23-9-4-3-8(5-10(9)24-2)18-11(22)6-21-12-13(15)16-7-17-14(12)19-20-21/h3-5,7H,6H2,1-2H3,(H,18,22)(H2,15,16,17). The number of hydrogen-bond acceptors (Lipinski definition) is 8. The van der Waals surface area contributed by atoms with Crippen molar-refractivity contribution >= 4 is 28.6 Å². The molecule has 1 amide bonds. The molecule has 0 radical (unpaired) electrons. The van der Waals surface area contributed by atoms with Crippen LogP contribution < -0.4 is 20.5 Å². The van der Waals surface area contributed by atoms with Gasteiger partial charge in [0.1, 0.15) is 12.9 Å². The third-order valence-electron chi connectivity index (χ3n) is 3.30. The number of nitrogens with one attached hydrogen (secondary N) is 1. The van der Waals surface area contributed by atoms with E-state index in [4.69, 9.17) is 15.2 Å². The van der Waals surface area contributed by atoms with Crippen LogP contribution in [0.1, 0.15) is 0 Å². The van der Waals surface area contributed by atoms with Gasteiger partial charge in [0.2, 0.25) is 11.6 Å². The lowest BCUT2D eigenvalue weighted by Crippen LogP contribution is -2.20. The predicted octanol–water partition coefficient (Wildman–Crippen LogP) is 0.459. The van der Waals surface area contributed by atoms with Crippen LogP contribution in [0.3, 0.4) is 0 Å². The van der Waals surface area contributed by atoms with Crippen LogP contribution in [0.4, 0.5) is 11.5 Å². The molecule has 3 N–H and O–H groups in total. The van der Waals surface area contributed by atoms with Crippen LogP contribution in [0.25, 0.3) is 11.2 Å². The number of carbonyl (C=O) groups excluding carboxylic acids is 1. The fourth-order valence-electron chi connectivity index (χ4n) is 2.21. The van der Waals surface area contributed by atoms with E-state index in [0.29, 0.717) is 28.4 Å². The SMILES string of the molecule is COc1ccc(NC(=O)Cn2nnc3ncnc(N)c32)cc1OC. The molecule has 10 nitrogen and oxygen atoms in total. The molecule has 2 aromatic heterocycles. The summed E-state index contributed by atoms with van der Waals surface area (Å²) in [5.74, 6) is 0.989. The molecule has 0 atom stereocenters. The number of nitrogens with two attached hydrogens (primary N) is 1. The topological polar surface area (TPSA) is 130 Å². The molecule has 0 bridgehead atoms. The summed E-state index contributed by atoms with van der Waals surface area (Å²) in [7, 11) is 3.06. The van der Waals surface area contributed by atoms with Gasteiger partial charge in [0, 0.05) is 11.8 Å². The van der Waals surface area contributed by atoms with Crippen molar-refractivity contribution in [3.8, 4) is 11.5 Å². The number of hydrogen-bond donors (Lipinski definition) is 2. The molecule has 0 saturated heterocycles. The molecule has 1 aromatic carbocycles. The first-order valence-electron chi connectivity index (χ1n) is 6.94. The molecule has 2 heterocycles. The first-order valence-corrected chi connectivity index (χ1v) is 6.94. The Morgan fingerprint density at radius 2 is 2.04 bits per heavy atom. The second kappa shape index (κ2) is 6.36. The lowest BCUT2D eigenvalue weighted by Gasteiger charge is -2.10. The normalized spacial score (nSPS) is 10.6. The van der Waals surface area contributed by atoms with Crippen LogP contribution in [-0.2, 0) is 11.3 Å². The number of aromatic nitrogens is 5. The number of carbonyl (C=O) groups is 1. The molecule has 0 fully saturated rings. The zero-order valence-corrected chi connectivity index (χ0v) is 13.1. The maximum absolute atomic E-state index is 12.2. The fraction of sp³-hybridized carbons (Fsp3) is 0.214. The summed E-state index contributed by atoms with van der Waals surface area (Å²) < 4.78 is 11.7. The van der Waals surface area contributed by atoms with Gasteiger partial charge < -0.3 is 20.5 Å². The maximum atomic E-state index is 12.2. The summed E-state index contributed by atoms with van der Waals surface area (Å²) in [4.78, 5) is 20.1. The molecular formula is C14H15N7O3. The van der Waals surface area contributed by atoms with Gasteiger partial charge in [0.15, 0.2) is 22.8 Å². The Morgan fingerprint density at radius 1 is 1.25 bits per heavy atom. The van der Waals surface area contributed by atoms with Crippen molar-refractivity contribution in [2.24, 2.45) is 0 Å². The highest BCUT2D eigenvalue weighted by atomic mass is 16.5. The summed E-state index contributed by atoms with van der Waals surface area (Å²) in [5, 5.41) is 10.5. The Labute approximate surface area is 136 Å². The molecule has 24 heavy (non-hydrogen) atoms. The Hall–Kier alpha value is -3.43. The highest BCUT2D eigenvalue weighted by molar-refractivity contribution is 5.92. The minimum Gasteiger partial charge on any atom is -0.493 e. The van der Waals surface area contributed by atoms with Crippen LogP contribution >= 0.6 is 0 Å². The van der Waals surface area contributed by atoms with Gasteiger partial charge in [-0.1, -0.05) is 5.21 Å². The van der Waals surface area contributed by atoms with E-state index in [1.807, 2.05) is 0 Å². The van der Waals surface area contributed by atoms with Gasteiger partial charge >= 0.3 is 0 Å². The molecule has 124 valence electrons. The van der Waals surface area contributed by atoms with Crippen LogP contribution in [0.5, 0.6) is 11.5 Å². The third-order valence-corrected chi connectivity index (χ3v) is 3.30. The highest BCUT2D eigenvalue weighted by Crippen LogP contribution is 2.29. The first kappa shape index (κ1) is 15.5. The van der Waals surface area contributed by atoms with Gasteiger partial charge in [-0.15, -0.1) is 5.10 Å². The molecular weight excluding hydrogens is 314 g/mol. The van der Waals surface area contributed by atoms with Gasteiger partial charge in [-0.3, -0.25) is 4.79 Å². The molecule has 10 heteroatoms. The minimum absolute atomic E-state index is 0.0809. The second-order valence-electron chi connectivity index (χ2n) is 4.80. The number of amides is 1. The van der Waals surface area contributed by atoms with Crippen molar-refractivity contribution < 1.29 is 14.3 Å². The molecule has 3 aromatic rings. The molecule has 0 saturated carbocycles. The van der Waals surface area contributed by atoms with Gasteiger partial charge in [-0.05, 0) is 12.1 Å². The van der Waals surface area contributed by atoms with Gasteiger partial charge in [-0.25, -0.2) is 14.6 Å². The molecule has 0 unspecified atom stereocenters. The third kappa shape index (κ3) is 2.89. The predicted molar refractivity (Wildman–Crippen MR) is 85.7 cm³/mol. The van der Waals surface area contributed by atoms with Gasteiger partial charge in [-0.2, -0.15) is 0 Å². The van der Waals surface area contributed by atoms with Crippen LogP contribution in [-0.4, -0.2) is 45.1 Å². The average Bonchev–Trinajstić information content (AvgIpc) is 2.99. The summed E-state index contributed by atoms with van der Waals surface area (Å²) in [6, 6.07) is 5.06. The maximum Gasteiger partial charge on any atom is 0.246 e. The molecule has 0 aliphatic carbocycles. The Bertz CT molecular complexity index is 893. The van der Waals surface area contributed by atoms with Crippen LogP contribution in [0.2, 0.25) is 0 Å². The minimum atomic E-state index is -0.308. The van der Waals surface area contributed by atoms with E-state index in [0.717, 1.165) is 0 Å². The lowest BCUT2D eigenvalue weighted by atomic mass is 10.2. The monoisotopic (exact) mass is 329 g/mol. The molecule has 0 aliphatic heterocycles. The number of methoxy groups -OCH3 is 2. The van der Waals surface area contributed by atoms with E-state index in [-0.39, 0.29) is 18.3 Å². The van der Waals surface area contributed by atoms with E-state index in [9.17, 15) is 4.79 Å². The largest absolute Gasteiger partial charge is 0.493 e. The van der Waals surface area contributed by atoms with Gasteiger partial charge in [0.25, 0.3) is 0 Å². The number of benzene rings is 1. The number of rotatable bonds is 5. The summed E-state index contributed by atoms with van der Waals surface area (Å²) in [6.45, 7) is -0.0809. The summed E-state index contributed by atoms with van der Waals surface area (Å²) in [5.41, 5.74) is 7.10. The fourth-order valence-corrected chi connectivity index (χ4v) is 2.21. The summed E-state index contributed by atoms with van der Waals surface area (Å²) in [6.07, 6.45) is 1.29. The van der Waals surface area contributed by atoms with E-state index in [1.165, 1.54) is 18.1 Å². The number of ether oxygens (including phenoxy) is 2. The van der Waals surface area contributed by atoms with E-state index >= 15 is 0 Å². The molecule has 0 aliphatic rings. The summed E-state index contributed by atoms with van der Waals surface area (Å²) >= 11 is 0. The van der Waals surface area contributed by atoms with E-state index in [1.54, 1.807) is 25.3 Å². The number of fused-ring (bicyclic) bond motifs is 1. The number of nitrogen functional groups attached to an aromatic ring is 1. The average molecular weight is 329 g/mol. The van der Waals surface area contributed by atoms with E-state index in [2.05, 4.69) is 25.6 Å². The molecule has 3 rings (SSSR count). The zero-order chi connectivity index (χ0) is 17.1. The van der Waals surface area contributed by atoms with Crippen molar-refractivity contribution in [1.82, 2.24) is 25.0 Å². The molecule has 0 spiro atoms. The van der Waals surface area contributed by atoms with Crippen molar-refractivity contribution in [1.29, 1.82) is 0 Å². The van der Waals surface area contributed by atoms with Crippen molar-refractivity contribution in [3.05, 3.63) is 24.5 Å². The first-order chi connectivity index (χ1) is 11.6. The van der Waals surface area contributed by atoms with Crippen molar-refractivity contribution in [2.45, 2.75) is 6.54 Å². The number of nitrogens with zero attached hydrogens (tertiary/aromatic N) is 5. The van der Waals surface area contributed by atoms with Crippen molar-refractivity contribution in [2.75, 3.05) is 25.3 Å². The Balaban J connectivity index is 1.78. The van der Waals surface area contributed by atoms with Crippen molar-refractivity contribution in [3.63, 3.8) is 0 Å². The van der Waals surface area contributed by atoms with Gasteiger partial charge in [0.05, 0.1) is 14.2 Å². The quantitative estimate of drug-likeness (QED) is 0.690. The Morgan fingerprint density at radius 3 is 2.79 bits per heavy atom. The highest BCUT2D eigenvalue weighted by Gasteiger charge is 2.14. The van der Waals surface area contributed by atoms with Crippen LogP contribution in [0, 0.1) is 0 Å². The zero-order valence-electron chi connectivity index (χ0n) is 13.1. The smallest absolute Gasteiger partial charge is 0.246 e. The second-order valence-corrected chi connectivity index (χ2v) is 4.80.